The van der Waals surface area contributed by atoms with Crippen molar-refractivity contribution in [3.05, 3.63) is 26.4 Å². The number of rotatable bonds is 3. The first-order valence-corrected chi connectivity index (χ1v) is 8.73. The fraction of sp³-hybridized carbons (Fsp3) is 0.706. The largest absolute Gasteiger partial charge is 0.367 e. The lowest BCUT2D eigenvalue weighted by atomic mass is 10.1. The lowest BCUT2D eigenvalue weighted by Crippen LogP contribution is -2.40. The van der Waals surface area contributed by atoms with Gasteiger partial charge in [0.05, 0.1) is 6.61 Å². The van der Waals surface area contributed by atoms with Gasteiger partial charge in [0.25, 0.3) is 5.56 Å². The van der Waals surface area contributed by atoms with Gasteiger partial charge in [-0.05, 0) is 12.8 Å². The van der Waals surface area contributed by atoms with Gasteiger partial charge in [-0.2, -0.15) is 5.26 Å². The monoisotopic (exact) mass is 348 g/mol. The van der Waals surface area contributed by atoms with Crippen molar-refractivity contribution in [3.8, 4) is 6.07 Å². The van der Waals surface area contributed by atoms with Crippen LogP contribution < -0.4 is 16.6 Å². The molecule has 0 aromatic carbocycles. The topological polar surface area (TPSA) is 98.3 Å². The van der Waals surface area contributed by atoms with E-state index < -0.39 is 17.0 Å². The van der Waals surface area contributed by atoms with Gasteiger partial charge < -0.3 is 14.8 Å². The third-order valence-corrected chi connectivity index (χ3v) is 5.05. The van der Waals surface area contributed by atoms with Crippen LogP contribution in [0.1, 0.15) is 44.1 Å². The van der Waals surface area contributed by atoms with E-state index in [-0.39, 0.29) is 17.5 Å². The average molecular weight is 348 g/mol. The molecule has 1 spiro atoms. The van der Waals surface area contributed by atoms with Gasteiger partial charge in [0.15, 0.2) is 11.4 Å². The molecule has 1 aliphatic heterocycles. The third kappa shape index (κ3) is 3.34. The van der Waals surface area contributed by atoms with Crippen LogP contribution in [0.25, 0.3) is 0 Å². The van der Waals surface area contributed by atoms with Crippen LogP contribution in [0.3, 0.4) is 0 Å². The molecule has 0 radical (unpaired) electrons. The van der Waals surface area contributed by atoms with Crippen LogP contribution in [0.4, 0.5) is 5.82 Å². The van der Waals surface area contributed by atoms with E-state index in [9.17, 15) is 14.9 Å². The van der Waals surface area contributed by atoms with Gasteiger partial charge in [0.1, 0.15) is 18.0 Å². The van der Waals surface area contributed by atoms with Crippen LogP contribution in [-0.2, 0) is 23.6 Å². The molecule has 3 rings (SSSR count). The van der Waals surface area contributed by atoms with E-state index in [2.05, 4.69) is 5.32 Å². The van der Waals surface area contributed by atoms with Gasteiger partial charge in [-0.3, -0.25) is 13.9 Å². The number of nitrogens with zero attached hydrogens (tertiary/aromatic N) is 3. The van der Waals surface area contributed by atoms with E-state index in [1.165, 1.54) is 31.5 Å². The molecule has 1 saturated heterocycles. The zero-order valence-electron chi connectivity index (χ0n) is 14.7. The van der Waals surface area contributed by atoms with Gasteiger partial charge >= 0.3 is 5.69 Å². The lowest BCUT2D eigenvalue weighted by Gasteiger charge is -2.26. The molecular formula is C17H24N4O4. The van der Waals surface area contributed by atoms with Crippen molar-refractivity contribution in [1.82, 2.24) is 9.13 Å². The smallest absolute Gasteiger partial charge is 0.332 e. The molecule has 0 amide bonds. The maximum Gasteiger partial charge on any atom is 0.332 e. The molecule has 0 bridgehead atoms. The fourth-order valence-electron chi connectivity index (χ4n) is 3.61. The third-order valence-electron chi connectivity index (χ3n) is 5.05. The Bertz CT molecular complexity index is 797. The number of aromatic nitrogens is 2. The van der Waals surface area contributed by atoms with Crippen LogP contribution >= 0.6 is 0 Å². The fourth-order valence-corrected chi connectivity index (χ4v) is 3.61. The summed E-state index contributed by atoms with van der Waals surface area (Å²) in [6, 6.07) is 1.89. The highest BCUT2D eigenvalue weighted by atomic mass is 16.7. The first-order chi connectivity index (χ1) is 12.0. The van der Waals surface area contributed by atoms with Crippen LogP contribution in [0.2, 0.25) is 0 Å². The number of anilines is 1. The minimum Gasteiger partial charge on any atom is -0.367 e. The Labute approximate surface area is 146 Å². The summed E-state index contributed by atoms with van der Waals surface area (Å²) in [5.41, 5.74) is -1.15. The van der Waals surface area contributed by atoms with Gasteiger partial charge in [0.2, 0.25) is 0 Å². The van der Waals surface area contributed by atoms with Crippen molar-refractivity contribution in [2.75, 3.05) is 18.5 Å². The molecule has 1 N–H and O–H groups in total. The number of hydrogen-bond acceptors (Lipinski definition) is 6. The number of ether oxygens (including phenoxy) is 2. The van der Waals surface area contributed by atoms with Crippen LogP contribution in [0.5, 0.6) is 0 Å². The van der Waals surface area contributed by atoms with Crippen molar-refractivity contribution in [2.45, 2.75) is 50.4 Å². The lowest BCUT2D eigenvalue weighted by molar-refractivity contribution is -0.174. The summed E-state index contributed by atoms with van der Waals surface area (Å²) >= 11 is 0. The molecule has 2 aliphatic rings. The standard InChI is InChI=1S/C17H24N4O4/c1-20-14(13(9-18)15(22)21(2)16(20)23)19-10-12-11-24-17(25-12)7-5-3-4-6-8-17/h12,19H,3-8,10-11H2,1-2H3/t12-/m0/s1. The first kappa shape index (κ1) is 17.7. The van der Waals surface area contributed by atoms with Crippen LogP contribution in [-0.4, -0.2) is 34.2 Å². The van der Waals surface area contributed by atoms with E-state index >= 15 is 0 Å². The molecule has 0 unspecified atom stereocenters. The normalized spacial score (nSPS) is 22.5. The Kier molecular flexibility index (Phi) is 4.97. The SMILES string of the molecule is Cn1c(NC[C@H]2COC3(CCCCCC3)O2)c(C#N)c(=O)n(C)c1=O. The Balaban J connectivity index is 1.74. The second kappa shape index (κ2) is 7.02. The molecule has 8 heteroatoms. The van der Waals surface area contributed by atoms with Gasteiger partial charge in [-0.25, -0.2) is 4.79 Å². The molecule has 1 aliphatic carbocycles. The summed E-state index contributed by atoms with van der Waals surface area (Å²) in [7, 11) is 2.89. The predicted octanol–water partition coefficient (Wildman–Crippen LogP) is 0.833. The van der Waals surface area contributed by atoms with E-state index in [1.807, 2.05) is 6.07 Å². The zero-order valence-corrected chi connectivity index (χ0v) is 14.7. The van der Waals surface area contributed by atoms with E-state index in [4.69, 9.17) is 9.47 Å². The van der Waals surface area contributed by atoms with Crippen molar-refractivity contribution in [1.29, 1.82) is 5.26 Å². The highest BCUT2D eigenvalue weighted by molar-refractivity contribution is 5.51. The second-order valence-corrected chi connectivity index (χ2v) is 6.80. The molecule has 2 fully saturated rings. The molecular weight excluding hydrogens is 324 g/mol. The van der Waals surface area contributed by atoms with E-state index in [0.29, 0.717) is 13.2 Å². The highest BCUT2D eigenvalue weighted by Gasteiger charge is 2.41. The quantitative estimate of drug-likeness (QED) is 0.869. The maximum atomic E-state index is 12.1. The minimum absolute atomic E-state index is 0.0762. The van der Waals surface area contributed by atoms with Gasteiger partial charge in [0, 0.05) is 33.5 Å². The Morgan fingerprint density at radius 2 is 1.88 bits per heavy atom. The summed E-state index contributed by atoms with van der Waals surface area (Å²) in [4.78, 5) is 24.2. The number of hydrogen-bond donors (Lipinski definition) is 1. The molecule has 8 nitrogen and oxygen atoms in total. The minimum atomic E-state index is -0.600. The van der Waals surface area contributed by atoms with Crippen molar-refractivity contribution < 1.29 is 9.47 Å². The summed E-state index contributed by atoms with van der Waals surface area (Å²) in [6.45, 7) is 0.838. The highest BCUT2D eigenvalue weighted by Crippen LogP contribution is 2.36. The van der Waals surface area contributed by atoms with Crippen molar-refractivity contribution in [2.24, 2.45) is 14.1 Å². The molecule has 1 saturated carbocycles. The number of nitriles is 1. The number of nitrogens with one attached hydrogen (secondary N) is 1. The second-order valence-electron chi connectivity index (χ2n) is 6.80. The maximum absolute atomic E-state index is 12.1. The molecule has 1 aromatic heterocycles. The van der Waals surface area contributed by atoms with Crippen LogP contribution in [0, 0.1) is 11.3 Å². The van der Waals surface area contributed by atoms with E-state index in [0.717, 1.165) is 30.3 Å². The van der Waals surface area contributed by atoms with Crippen molar-refractivity contribution >= 4 is 5.82 Å². The Morgan fingerprint density at radius 3 is 2.52 bits per heavy atom. The van der Waals surface area contributed by atoms with Gasteiger partial charge in [-0.1, -0.05) is 12.8 Å². The van der Waals surface area contributed by atoms with Crippen LogP contribution in [0.15, 0.2) is 9.59 Å². The molecule has 1 aromatic rings. The van der Waals surface area contributed by atoms with E-state index in [1.54, 1.807) is 0 Å². The molecule has 1 atom stereocenters. The van der Waals surface area contributed by atoms with Crippen molar-refractivity contribution in [3.63, 3.8) is 0 Å². The zero-order chi connectivity index (χ0) is 18.0. The summed E-state index contributed by atoms with van der Waals surface area (Å²) in [5.74, 6) is -0.263. The summed E-state index contributed by atoms with van der Waals surface area (Å²) in [6.07, 6.45) is 6.23. The predicted molar refractivity (Wildman–Crippen MR) is 91.4 cm³/mol. The Morgan fingerprint density at radius 1 is 1.20 bits per heavy atom. The molecule has 25 heavy (non-hydrogen) atoms. The summed E-state index contributed by atoms with van der Waals surface area (Å²) in [5, 5.41) is 12.3. The summed E-state index contributed by atoms with van der Waals surface area (Å²) < 4.78 is 14.3. The van der Waals surface area contributed by atoms with Gasteiger partial charge in [-0.15, -0.1) is 0 Å². The molecule has 136 valence electrons. The average Bonchev–Trinajstić information content (AvgIpc) is 2.86. The Hall–Kier alpha value is -2.11. The first-order valence-electron chi connectivity index (χ1n) is 8.73. The molecule has 2 heterocycles.